The van der Waals surface area contributed by atoms with Crippen LogP contribution in [0.5, 0.6) is 0 Å². The van der Waals surface area contributed by atoms with Crippen molar-refractivity contribution in [2.24, 2.45) is 0 Å². The highest BCUT2D eigenvalue weighted by atomic mass is 79.9. The third kappa shape index (κ3) is 2.78. The Kier molecular flexibility index (Phi) is 3.11. The van der Waals surface area contributed by atoms with Crippen molar-refractivity contribution in [2.45, 2.75) is 18.9 Å². The fraction of sp³-hybridized carbons (Fsp3) is 0.417. The average Bonchev–Trinajstić information content (AvgIpc) is 2.78. The zero-order chi connectivity index (χ0) is 13.7. The minimum Gasteiger partial charge on any atom is -0.355 e. The van der Waals surface area contributed by atoms with Gasteiger partial charge in [-0.2, -0.15) is 0 Å². The molecular weight excluding hydrogens is 348 g/mol. The van der Waals surface area contributed by atoms with Crippen molar-refractivity contribution in [2.75, 3.05) is 16.8 Å². The lowest BCUT2D eigenvalue weighted by Gasteiger charge is -2.23. The summed E-state index contributed by atoms with van der Waals surface area (Å²) in [7, 11) is -2.90. The van der Waals surface area contributed by atoms with E-state index < -0.39 is 15.4 Å². The highest BCUT2D eigenvalue weighted by Crippen LogP contribution is 2.33. The van der Waals surface area contributed by atoms with E-state index in [-0.39, 0.29) is 11.5 Å². The molecule has 1 aromatic carbocycles. The predicted molar refractivity (Wildman–Crippen MR) is 82.6 cm³/mol. The molecule has 7 heteroatoms. The normalized spacial score (nSPS) is 25.8. The van der Waals surface area contributed by atoms with E-state index in [9.17, 15) is 8.42 Å². The van der Waals surface area contributed by atoms with Crippen LogP contribution in [0, 0.1) is 0 Å². The van der Waals surface area contributed by atoms with Gasteiger partial charge in [0.1, 0.15) is 0 Å². The van der Waals surface area contributed by atoms with E-state index in [0.29, 0.717) is 6.42 Å². The fourth-order valence-electron chi connectivity index (χ4n) is 2.32. The lowest BCUT2D eigenvalue weighted by molar-refractivity contribution is 0.574. The van der Waals surface area contributed by atoms with E-state index in [1.165, 1.54) is 0 Å². The van der Waals surface area contributed by atoms with Gasteiger partial charge in [0.05, 0.1) is 27.3 Å². The van der Waals surface area contributed by atoms with Crippen LogP contribution in [0.4, 0.5) is 5.13 Å². The Hall–Kier alpha value is -0.660. The number of hydrogen-bond donors (Lipinski definition) is 1. The van der Waals surface area contributed by atoms with Gasteiger partial charge in [0.2, 0.25) is 0 Å². The first-order chi connectivity index (χ1) is 8.85. The van der Waals surface area contributed by atoms with Gasteiger partial charge >= 0.3 is 0 Å². The molecule has 4 nitrogen and oxygen atoms in total. The van der Waals surface area contributed by atoms with Gasteiger partial charge < -0.3 is 5.32 Å². The Bertz CT molecular complexity index is 741. The van der Waals surface area contributed by atoms with Crippen molar-refractivity contribution in [3.63, 3.8) is 0 Å². The predicted octanol–water partition coefficient (Wildman–Crippen LogP) is 3.05. The molecule has 1 unspecified atom stereocenters. The number of aromatic nitrogens is 1. The summed E-state index contributed by atoms with van der Waals surface area (Å²) in [4.78, 5) is 4.51. The molecule has 1 aliphatic heterocycles. The Morgan fingerprint density at radius 1 is 1.47 bits per heavy atom. The van der Waals surface area contributed by atoms with Crippen LogP contribution in [-0.4, -0.2) is 30.4 Å². The first-order valence-electron chi connectivity index (χ1n) is 5.90. The Balaban J connectivity index is 1.90. The van der Waals surface area contributed by atoms with Crippen molar-refractivity contribution in [3.05, 3.63) is 22.7 Å². The molecule has 1 aliphatic rings. The second-order valence-corrected chi connectivity index (χ2v) is 9.29. The molecule has 102 valence electrons. The van der Waals surface area contributed by atoms with Gasteiger partial charge in [-0.3, -0.25) is 0 Å². The number of thiazole rings is 1. The Morgan fingerprint density at radius 2 is 2.26 bits per heavy atom. The first kappa shape index (κ1) is 13.3. The first-order valence-corrected chi connectivity index (χ1v) is 9.33. The number of nitrogens with zero attached hydrogens (tertiary/aromatic N) is 1. The molecule has 1 fully saturated rings. The van der Waals surface area contributed by atoms with Crippen LogP contribution in [-0.2, 0) is 9.84 Å². The number of anilines is 1. The van der Waals surface area contributed by atoms with E-state index >= 15 is 0 Å². The molecule has 0 amide bonds. The Labute approximate surface area is 124 Å². The van der Waals surface area contributed by atoms with Crippen LogP contribution in [0.3, 0.4) is 0 Å². The van der Waals surface area contributed by atoms with Gasteiger partial charge in [-0.25, -0.2) is 13.4 Å². The van der Waals surface area contributed by atoms with E-state index in [1.807, 2.05) is 25.1 Å². The minimum absolute atomic E-state index is 0.180. The fourth-order valence-corrected chi connectivity index (χ4v) is 5.76. The number of sulfone groups is 1. The van der Waals surface area contributed by atoms with Crippen molar-refractivity contribution >= 4 is 52.5 Å². The molecule has 3 rings (SSSR count). The molecule has 19 heavy (non-hydrogen) atoms. The van der Waals surface area contributed by atoms with E-state index in [2.05, 4.69) is 26.2 Å². The van der Waals surface area contributed by atoms with Gasteiger partial charge in [0.15, 0.2) is 15.0 Å². The van der Waals surface area contributed by atoms with Crippen LogP contribution >= 0.6 is 27.3 Å². The summed E-state index contributed by atoms with van der Waals surface area (Å²) < 4.78 is 25.3. The van der Waals surface area contributed by atoms with Crippen LogP contribution in [0.2, 0.25) is 0 Å². The zero-order valence-electron chi connectivity index (χ0n) is 10.3. The number of rotatable bonds is 2. The lowest BCUT2D eigenvalue weighted by Crippen LogP contribution is -2.35. The molecule has 1 aromatic heterocycles. The van der Waals surface area contributed by atoms with Gasteiger partial charge in [0.25, 0.3) is 0 Å². The average molecular weight is 361 g/mol. The highest BCUT2D eigenvalue weighted by Gasteiger charge is 2.38. The van der Waals surface area contributed by atoms with Crippen LogP contribution < -0.4 is 5.32 Å². The molecule has 2 heterocycles. The molecule has 0 bridgehead atoms. The molecular formula is C12H13BrN2O2S2. The topological polar surface area (TPSA) is 59.1 Å². The van der Waals surface area contributed by atoms with E-state index in [1.54, 1.807) is 11.3 Å². The quantitative estimate of drug-likeness (QED) is 0.893. The van der Waals surface area contributed by atoms with Crippen molar-refractivity contribution in [1.29, 1.82) is 0 Å². The number of halogens is 1. The van der Waals surface area contributed by atoms with Crippen molar-refractivity contribution in [1.82, 2.24) is 4.98 Å². The molecule has 1 N–H and O–H groups in total. The maximum Gasteiger partial charge on any atom is 0.184 e. The summed E-state index contributed by atoms with van der Waals surface area (Å²) in [6.45, 7) is 1.94. The lowest BCUT2D eigenvalue weighted by atomic mass is 10.0. The van der Waals surface area contributed by atoms with E-state index in [0.717, 1.165) is 19.8 Å². The SMILES string of the molecule is CC1(Nc2nc3cc(Br)ccc3s2)CCS(=O)(=O)C1. The third-order valence-electron chi connectivity index (χ3n) is 3.26. The molecule has 0 aliphatic carbocycles. The maximum atomic E-state index is 11.6. The van der Waals surface area contributed by atoms with Gasteiger partial charge in [-0.05, 0) is 31.5 Å². The monoisotopic (exact) mass is 360 g/mol. The standard InChI is InChI=1S/C12H13BrN2O2S2/c1-12(4-5-19(16,17)7-12)15-11-14-9-6-8(13)2-3-10(9)18-11/h2-3,6H,4-5,7H2,1H3,(H,14,15). The second kappa shape index (κ2) is 4.43. The second-order valence-electron chi connectivity index (χ2n) is 5.16. The summed E-state index contributed by atoms with van der Waals surface area (Å²) in [6.07, 6.45) is 0.634. The summed E-state index contributed by atoms with van der Waals surface area (Å²) in [5.74, 6) is 0.437. The van der Waals surface area contributed by atoms with Crippen molar-refractivity contribution < 1.29 is 8.42 Å². The molecule has 0 saturated carbocycles. The number of nitrogens with one attached hydrogen (secondary N) is 1. The largest absolute Gasteiger partial charge is 0.355 e. The molecule has 0 radical (unpaired) electrons. The smallest absolute Gasteiger partial charge is 0.184 e. The third-order valence-corrected chi connectivity index (χ3v) is 6.61. The van der Waals surface area contributed by atoms with Crippen LogP contribution in [0.25, 0.3) is 10.2 Å². The molecule has 1 atom stereocenters. The number of benzene rings is 1. The van der Waals surface area contributed by atoms with Gasteiger partial charge in [0, 0.05) is 4.47 Å². The minimum atomic E-state index is -2.90. The van der Waals surface area contributed by atoms with Gasteiger partial charge in [-0.1, -0.05) is 27.3 Å². The van der Waals surface area contributed by atoms with Gasteiger partial charge in [-0.15, -0.1) is 0 Å². The Morgan fingerprint density at radius 3 is 2.95 bits per heavy atom. The zero-order valence-corrected chi connectivity index (χ0v) is 13.5. The summed E-state index contributed by atoms with van der Waals surface area (Å²) in [6, 6.07) is 5.95. The summed E-state index contributed by atoms with van der Waals surface area (Å²) >= 11 is 4.97. The summed E-state index contributed by atoms with van der Waals surface area (Å²) in [5, 5.41) is 4.08. The number of fused-ring (bicyclic) bond motifs is 1. The van der Waals surface area contributed by atoms with Crippen LogP contribution in [0.15, 0.2) is 22.7 Å². The molecule has 0 spiro atoms. The maximum absolute atomic E-state index is 11.6. The van der Waals surface area contributed by atoms with Crippen LogP contribution in [0.1, 0.15) is 13.3 Å². The number of hydrogen-bond acceptors (Lipinski definition) is 5. The summed E-state index contributed by atoms with van der Waals surface area (Å²) in [5.41, 5.74) is 0.524. The highest BCUT2D eigenvalue weighted by molar-refractivity contribution is 9.10. The van der Waals surface area contributed by atoms with Crippen molar-refractivity contribution in [3.8, 4) is 0 Å². The molecule has 2 aromatic rings. The molecule has 1 saturated heterocycles. The van der Waals surface area contributed by atoms with E-state index in [4.69, 9.17) is 0 Å².